The summed E-state index contributed by atoms with van der Waals surface area (Å²) in [4.78, 5) is 28.5. The van der Waals surface area contributed by atoms with Gasteiger partial charge in [0.05, 0.1) is 5.92 Å². The van der Waals surface area contributed by atoms with Crippen LogP contribution in [0.2, 0.25) is 5.02 Å². The highest BCUT2D eigenvalue weighted by atomic mass is 35.5. The number of aliphatic carboxylic acids is 1. The summed E-state index contributed by atoms with van der Waals surface area (Å²) in [7, 11) is 0. The lowest BCUT2D eigenvalue weighted by atomic mass is 10.0. The summed E-state index contributed by atoms with van der Waals surface area (Å²) in [5, 5.41) is 25.7. The van der Waals surface area contributed by atoms with Crippen LogP contribution in [-0.4, -0.2) is 33.9 Å². The summed E-state index contributed by atoms with van der Waals surface area (Å²) in [5.74, 6) is -1.47. The molecule has 1 amide bonds. The monoisotopic (exact) mass is 546 g/mol. The molecule has 2 heterocycles. The fraction of sp³-hybridized carbons (Fsp3) is 0.179. The summed E-state index contributed by atoms with van der Waals surface area (Å²) >= 11 is 6.18. The topological polar surface area (TPSA) is 148 Å². The van der Waals surface area contributed by atoms with Gasteiger partial charge in [0.25, 0.3) is 0 Å². The molecular formula is C28H23ClN4O6. The summed E-state index contributed by atoms with van der Waals surface area (Å²) in [5.41, 5.74) is 1.75. The van der Waals surface area contributed by atoms with Crippen molar-refractivity contribution >= 4 is 29.4 Å². The molecule has 198 valence electrons. The third-order valence-corrected chi connectivity index (χ3v) is 6.10. The zero-order valence-electron chi connectivity index (χ0n) is 20.7. The van der Waals surface area contributed by atoms with Gasteiger partial charge in [-0.05, 0) is 31.0 Å². The van der Waals surface area contributed by atoms with E-state index in [-0.39, 0.29) is 29.6 Å². The van der Waals surface area contributed by atoms with Crippen molar-refractivity contribution in [1.29, 1.82) is 5.26 Å². The average Bonchev–Trinajstić information content (AvgIpc) is 3.34. The predicted octanol–water partition coefficient (Wildman–Crippen LogP) is 5.89. The number of pyridine rings is 1. The van der Waals surface area contributed by atoms with Gasteiger partial charge < -0.3 is 19.1 Å². The molecule has 0 aliphatic heterocycles. The van der Waals surface area contributed by atoms with Gasteiger partial charge >= 0.3 is 12.1 Å². The zero-order chi connectivity index (χ0) is 27.8. The maximum absolute atomic E-state index is 12.6. The fourth-order valence-electron chi connectivity index (χ4n) is 3.74. The number of carbonyl (C=O) groups excluding carboxylic acids is 1. The molecule has 0 saturated heterocycles. The number of rotatable bonds is 10. The molecule has 2 unspecified atom stereocenters. The van der Waals surface area contributed by atoms with Gasteiger partial charge in [0.15, 0.2) is 5.76 Å². The van der Waals surface area contributed by atoms with Crippen LogP contribution >= 0.6 is 11.6 Å². The molecule has 0 saturated carbocycles. The molecule has 0 fully saturated rings. The van der Waals surface area contributed by atoms with Gasteiger partial charge in [-0.3, -0.25) is 10.1 Å². The maximum Gasteiger partial charge on any atom is 0.412 e. The van der Waals surface area contributed by atoms with E-state index in [1.807, 2.05) is 36.4 Å². The molecule has 2 N–H and O–H groups in total. The Hall–Kier alpha value is -4.88. The highest BCUT2D eigenvalue weighted by molar-refractivity contribution is 6.31. The standard InChI is InChI=1S/C28H23ClN4O6/c1-17(21-9-5-6-10-22(21)29)38-28(36)32-25-23(14-30)33-39-26(25)19-11-12-24(31-15-19)37-16-20(27(34)35)13-18-7-3-2-4-8-18/h2-12,15,17,20H,13,16H2,1H3,(H,32,36)(H,34,35). The number of carboxylic acid groups (broad SMARTS) is 1. The van der Waals surface area contributed by atoms with E-state index >= 15 is 0 Å². The first-order valence-corrected chi connectivity index (χ1v) is 12.2. The van der Waals surface area contributed by atoms with Crippen molar-refractivity contribution in [3.05, 3.63) is 94.8 Å². The Morgan fingerprint density at radius 1 is 1.13 bits per heavy atom. The van der Waals surface area contributed by atoms with Crippen LogP contribution in [0, 0.1) is 17.2 Å². The van der Waals surface area contributed by atoms with Crippen molar-refractivity contribution in [2.75, 3.05) is 11.9 Å². The van der Waals surface area contributed by atoms with E-state index in [1.54, 1.807) is 37.3 Å². The molecule has 2 atom stereocenters. The van der Waals surface area contributed by atoms with Crippen LogP contribution < -0.4 is 10.1 Å². The van der Waals surface area contributed by atoms with Gasteiger partial charge in [0.1, 0.15) is 24.5 Å². The average molecular weight is 547 g/mol. The Bertz CT molecular complexity index is 1480. The number of carbonyl (C=O) groups is 2. The number of anilines is 1. The van der Waals surface area contributed by atoms with Crippen molar-refractivity contribution in [2.45, 2.75) is 19.4 Å². The molecule has 10 nitrogen and oxygen atoms in total. The molecule has 0 aliphatic rings. The Labute approximate surface area is 228 Å². The van der Waals surface area contributed by atoms with E-state index in [9.17, 15) is 20.0 Å². The van der Waals surface area contributed by atoms with Crippen molar-refractivity contribution < 1.29 is 28.7 Å². The van der Waals surface area contributed by atoms with Gasteiger partial charge in [-0.15, -0.1) is 0 Å². The van der Waals surface area contributed by atoms with Gasteiger partial charge in [-0.2, -0.15) is 5.26 Å². The van der Waals surface area contributed by atoms with Gasteiger partial charge in [-0.1, -0.05) is 65.3 Å². The smallest absolute Gasteiger partial charge is 0.412 e. The van der Waals surface area contributed by atoms with E-state index in [2.05, 4.69) is 15.5 Å². The number of nitrogens with zero attached hydrogens (tertiary/aromatic N) is 3. The molecule has 0 bridgehead atoms. The Kier molecular flexibility index (Phi) is 8.76. The van der Waals surface area contributed by atoms with E-state index in [1.165, 1.54) is 12.3 Å². The number of halogens is 1. The van der Waals surface area contributed by atoms with E-state index < -0.39 is 24.1 Å². The van der Waals surface area contributed by atoms with Gasteiger partial charge in [0.2, 0.25) is 11.6 Å². The summed E-state index contributed by atoms with van der Waals surface area (Å²) in [6.45, 7) is 1.58. The lowest BCUT2D eigenvalue weighted by Crippen LogP contribution is -2.24. The number of amides is 1. The second kappa shape index (κ2) is 12.6. The van der Waals surface area contributed by atoms with Crippen molar-refractivity contribution in [2.24, 2.45) is 5.92 Å². The second-order valence-corrected chi connectivity index (χ2v) is 8.87. The number of hydrogen-bond acceptors (Lipinski definition) is 8. The van der Waals surface area contributed by atoms with E-state index in [0.717, 1.165) is 5.56 Å². The lowest BCUT2D eigenvalue weighted by Gasteiger charge is -2.15. The zero-order valence-corrected chi connectivity index (χ0v) is 21.5. The maximum atomic E-state index is 12.6. The summed E-state index contributed by atoms with van der Waals surface area (Å²) < 4.78 is 16.3. The predicted molar refractivity (Wildman–Crippen MR) is 141 cm³/mol. The molecule has 2 aromatic heterocycles. The first-order chi connectivity index (χ1) is 18.9. The minimum atomic E-state index is -0.979. The van der Waals surface area contributed by atoms with E-state index in [4.69, 9.17) is 25.6 Å². The van der Waals surface area contributed by atoms with Crippen LogP contribution in [0.3, 0.4) is 0 Å². The van der Waals surface area contributed by atoms with Crippen molar-refractivity contribution in [3.8, 4) is 23.3 Å². The highest BCUT2D eigenvalue weighted by Gasteiger charge is 2.23. The first-order valence-electron chi connectivity index (χ1n) is 11.8. The van der Waals surface area contributed by atoms with Crippen LogP contribution in [0.25, 0.3) is 11.3 Å². The summed E-state index contributed by atoms with van der Waals surface area (Å²) in [6, 6.07) is 21.2. The van der Waals surface area contributed by atoms with Crippen LogP contribution in [0.1, 0.15) is 29.8 Å². The molecule has 39 heavy (non-hydrogen) atoms. The number of carboxylic acids is 1. The first kappa shape index (κ1) is 27.2. The number of aromatic nitrogens is 2. The van der Waals surface area contributed by atoms with Gasteiger partial charge in [-0.25, -0.2) is 9.78 Å². The second-order valence-electron chi connectivity index (χ2n) is 8.46. The van der Waals surface area contributed by atoms with Crippen LogP contribution in [0.4, 0.5) is 10.5 Å². The highest BCUT2D eigenvalue weighted by Crippen LogP contribution is 2.32. The molecule has 0 spiro atoms. The Morgan fingerprint density at radius 2 is 1.87 bits per heavy atom. The molecule has 11 heteroatoms. The number of nitrogens with one attached hydrogen (secondary N) is 1. The number of ether oxygens (including phenoxy) is 2. The van der Waals surface area contributed by atoms with E-state index in [0.29, 0.717) is 22.6 Å². The SMILES string of the molecule is CC(OC(=O)Nc1c(C#N)noc1-c1ccc(OCC(Cc2ccccc2)C(=O)O)nc1)c1ccccc1Cl. The fourth-order valence-corrected chi connectivity index (χ4v) is 4.03. The molecule has 0 aliphatic carbocycles. The Balaban J connectivity index is 1.43. The molecular weight excluding hydrogens is 524 g/mol. The largest absolute Gasteiger partial charge is 0.481 e. The van der Waals surface area contributed by atoms with Crippen LogP contribution in [0.15, 0.2) is 77.4 Å². The van der Waals surface area contributed by atoms with Crippen LogP contribution in [-0.2, 0) is 16.0 Å². The number of nitriles is 1. The van der Waals surface area contributed by atoms with Crippen LogP contribution in [0.5, 0.6) is 5.88 Å². The normalized spacial score (nSPS) is 12.1. The van der Waals surface area contributed by atoms with Crippen molar-refractivity contribution in [3.63, 3.8) is 0 Å². The lowest BCUT2D eigenvalue weighted by molar-refractivity contribution is -0.142. The molecule has 4 rings (SSSR count). The molecule has 4 aromatic rings. The molecule has 0 radical (unpaired) electrons. The quantitative estimate of drug-likeness (QED) is 0.248. The number of benzene rings is 2. The van der Waals surface area contributed by atoms with Gasteiger partial charge in [0, 0.05) is 28.4 Å². The molecule has 2 aromatic carbocycles. The minimum absolute atomic E-state index is 0.0122. The van der Waals surface area contributed by atoms with Crippen molar-refractivity contribution in [1.82, 2.24) is 10.1 Å². The third kappa shape index (κ3) is 6.91. The number of hydrogen-bond donors (Lipinski definition) is 2. The minimum Gasteiger partial charge on any atom is -0.481 e. The third-order valence-electron chi connectivity index (χ3n) is 5.76. The Morgan fingerprint density at radius 3 is 2.54 bits per heavy atom. The summed E-state index contributed by atoms with van der Waals surface area (Å²) in [6.07, 6.45) is 0.202.